The number of nitrogens with zero attached hydrogens (tertiary/aromatic N) is 2. The van der Waals surface area contributed by atoms with Crippen molar-refractivity contribution in [2.75, 3.05) is 6.61 Å². The number of imidazole rings is 1. The number of fused-ring (bicyclic) bond motifs is 1. The molecule has 1 atom stereocenters. The van der Waals surface area contributed by atoms with Crippen LogP contribution in [0.3, 0.4) is 0 Å². The highest BCUT2D eigenvalue weighted by molar-refractivity contribution is 5.81. The molecule has 0 radical (unpaired) electrons. The van der Waals surface area contributed by atoms with Gasteiger partial charge in [0.1, 0.15) is 5.82 Å². The molecule has 4 rings (SSSR count). The Bertz CT molecular complexity index is 968. The molecule has 0 amide bonds. The molecule has 1 fully saturated rings. The van der Waals surface area contributed by atoms with Crippen molar-refractivity contribution in [1.82, 2.24) is 14.5 Å². The number of aromatic nitrogens is 3. The van der Waals surface area contributed by atoms with Crippen LogP contribution < -0.4 is 5.56 Å². The SMILES string of the molecule is Cc1cc(-c2nc3cc(CO)ccc3n2C[C@H]2CCCO2)c[nH]c1=O. The largest absolute Gasteiger partial charge is 0.392 e. The fraction of sp³-hybridized carbons (Fsp3) is 0.368. The van der Waals surface area contributed by atoms with Crippen LogP contribution in [0.4, 0.5) is 0 Å². The molecule has 1 saturated heterocycles. The van der Waals surface area contributed by atoms with Crippen LogP contribution >= 0.6 is 0 Å². The highest BCUT2D eigenvalue weighted by Crippen LogP contribution is 2.27. The lowest BCUT2D eigenvalue weighted by atomic mass is 10.2. The summed E-state index contributed by atoms with van der Waals surface area (Å²) in [6.45, 7) is 3.31. The molecule has 0 aliphatic carbocycles. The lowest BCUT2D eigenvalue weighted by Crippen LogP contribution is -2.16. The summed E-state index contributed by atoms with van der Waals surface area (Å²) in [5, 5.41) is 9.39. The predicted molar refractivity (Wildman–Crippen MR) is 95.4 cm³/mol. The van der Waals surface area contributed by atoms with Crippen molar-refractivity contribution in [2.24, 2.45) is 0 Å². The smallest absolute Gasteiger partial charge is 0.250 e. The molecule has 6 heteroatoms. The van der Waals surface area contributed by atoms with Gasteiger partial charge < -0.3 is 19.4 Å². The van der Waals surface area contributed by atoms with Crippen molar-refractivity contribution in [3.05, 3.63) is 51.9 Å². The third-order valence-electron chi connectivity index (χ3n) is 4.75. The maximum absolute atomic E-state index is 11.7. The van der Waals surface area contributed by atoms with Gasteiger partial charge in [0.2, 0.25) is 0 Å². The van der Waals surface area contributed by atoms with Crippen LogP contribution in [0.15, 0.2) is 35.3 Å². The highest BCUT2D eigenvalue weighted by atomic mass is 16.5. The Hall–Kier alpha value is -2.44. The number of pyridine rings is 1. The van der Waals surface area contributed by atoms with Gasteiger partial charge in [-0.2, -0.15) is 0 Å². The number of aromatic amines is 1. The van der Waals surface area contributed by atoms with Gasteiger partial charge in [-0.3, -0.25) is 4.79 Å². The van der Waals surface area contributed by atoms with E-state index in [0.717, 1.165) is 54.0 Å². The summed E-state index contributed by atoms with van der Waals surface area (Å²) in [5.41, 5.74) is 4.11. The minimum absolute atomic E-state index is 0.0123. The van der Waals surface area contributed by atoms with Gasteiger partial charge in [0.25, 0.3) is 5.56 Å². The summed E-state index contributed by atoms with van der Waals surface area (Å²) >= 11 is 0. The molecule has 1 aliphatic heterocycles. The molecule has 25 heavy (non-hydrogen) atoms. The summed E-state index contributed by atoms with van der Waals surface area (Å²) in [4.78, 5) is 19.2. The Labute approximate surface area is 145 Å². The van der Waals surface area contributed by atoms with Crippen LogP contribution in [-0.4, -0.2) is 32.4 Å². The normalized spacial score (nSPS) is 17.4. The molecule has 0 spiro atoms. The zero-order valence-corrected chi connectivity index (χ0v) is 14.2. The average molecular weight is 339 g/mol. The second-order valence-corrected chi connectivity index (χ2v) is 6.56. The molecule has 2 aromatic heterocycles. The van der Waals surface area contributed by atoms with Crippen LogP contribution in [0.1, 0.15) is 24.0 Å². The van der Waals surface area contributed by atoms with Gasteiger partial charge in [-0.15, -0.1) is 0 Å². The summed E-state index contributed by atoms with van der Waals surface area (Å²) < 4.78 is 7.96. The lowest BCUT2D eigenvalue weighted by Gasteiger charge is -2.14. The van der Waals surface area contributed by atoms with Gasteiger partial charge in [-0.05, 0) is 43.5 Å². The standard InChI is InChI=1S/C19H21N3O3/c1-12-7-14(9-20-19(12)24)18-21-16-8-13(11-23)4-5-17(16)22(18)10-15-3-2-6-25-15/h4-5,7-9,15,23H,2-3,6,10-11H2,1H3,(H,20,24)/t15-/m1/s1. The number of hydrogen-bond donors (Lipinski definition) is 2. The fourth-order valence-electron chi connectivity index (χ4n) is 3.40. The van der Waals surface area contributed by atoms with Crippen molar-refractivity contribution in [2.45, 2.75) is 39.0 Å². The van der Waals surface area contributed by atoms with Gasteiger partial charge >= 0.3 is 0 Å². The van der Waals surface area contributed by atoms with Crippen molar-refractivity contribution in [3.8, 4) is 11.4 Å². The van der Waals surface area contributed by atoms with Crippen molar-refractivity contribution in [1.29, 1.82) is 0 Å². The van der Waals surface area contributed by atoms with Crippen LogP contribution in [-0.2, 0) is 17.9 Å². The van der Waals surface area contributed by atoms with Crippen LogP contribution in [0, 0.1) is 6.92 Å². The van der Waals surface area contributed by atoms with E-state index in [2.05, 4.69) is 9.55 Å². The first kappa shape index (κ1) is 16.1. The predicted octanol–water partition coefficient (Wildman–Crippen LogP) is 2.37. The lowest BCUT2D eigenvalue weighted by molar-refractivity contribution is 0.0982. The summed E-state index contributed by atoms with van der Waals surface area (Å²) in [7, 11) is 0. The van der Waals surface area contributed by atoms with Crippen LogP contribution in [0.25, 0.3) is 22.4 Å². The van der Waals surface area contributed by atoms with Gasteiger partial charge in [0, 0.05) is 23.9 Å². The number of H-pyrrole nitrogens is 1. The van der Waals surface area contributed by atoms with Gasteiger partial charge in [0.15, 0.2) is 0 Å². The first-order chi connectivity index (χ1) is 12.2. The minimum atomic E-state index is -0.0897. The Morgan fingerprint density at radius 2 is 2.28 bits per heavy atom. The van der Waals surface area contributed by atoms with E-state index in [4.69, 9.17) is 9.72 Å². The molecule has 0 unspecified atom stereocenters. The van der Waals surface area contributed by atoms with Crippen molar-refractivity contribution < 1.29 is 9.84 Å². The van der Waals surface area contributed by atoms with E-state index >= 15 is 0 Å². The highest BCUT2D eigenvalue weighted by Gasteiger charge is 2.21. The van der Waals surface area contributed by atoms with E-state index < -0.39 is 0 Å². The third kappa shape index (κ3) is 2.99. The third-order valence-corrected chi connectivity index (χ3v) is 4.75. The first-order valence-corrected chi connectivity index (χ1v) is 8.57. The van der Waals surface area contributed by atoms with E-state index in [-0.39, 0.29) is 18.3 Å². The van der Waals surface area contributed by atoms with E-state index in [0.29, 0.717) is 5.56 Å². The second-order valence-electron chi connectivity index (χ2n) is 6.56. The molecule has 1 aromatic carbocycles. The van der Waals surface area contributed by atoms with Gasteiger partial charge in [-0.1, -0.05) is 6.07 Å². The molecular formula is C19H21N3O3. The summed E-state index contributed by atoms with van der Waals surface area (Å²) in [6.07, 6.45) is 4.00. The van der Waals surface area contributed by atoms with E-state index in [9.17, 15) is 9.90 Å². The Morgan fingerprint density at radius 1 is 1.40 bits per heavy atom. The maximum Gasteiger partial charge on any atom is 0.250 e. The second kappa shape index (κ2) is 6.46. The Kier molecular flexibility index (Phi) is 4.15. The van der Waals surface area contributed by atoms with Crippen molar-refractivity contribution >= 4 is 11.0 Å². The summed E-state index contributed by atoms with van der Waals surface area (Å²) in [6, 6.07) is 7.67. The maximum atomic E-state index is 11.7. The summed E-state index contributed by atoms with van der Waals surface area (Å²) in [5.74, 6) is 0.805. The Balaban J connectivity index is 1.87. The molecular weight excluding hydrogens is 318 g/mol. The fourth-order valence-corrected chi connectivity index (χ4v) is 3.40. The molecule has 0 bridgehead atoms. The number of benzene rings is 1. The van der Waals surface area contributed by atoms with Crippen molar-refractivity contribution in [3.63, 3.8) is 0 Å². The average Bonchev–Trinajstić information content (AvgIpc) is 3.25. The molecule has 0 saturated carbocycles. The van der Waals surface area contributed by atoms with E-state index in [1.165, 1.54) is 0 Å². The zero-order chi connectivity index (χ0) is 17.4. The van der Waals surface area contributed by atoms with E-state index in [1.807, 2.05) is 24.3 Å². The van der Waals surface area contributed by atoms with E-state index in [1.54, 1.807) is 13.1 Å². The molecule has 2 N–H and O–H groups in total. The first-order valence-electron chi connectivity index (χ1n) is 8.57. The molecule has 3 heterocycles. The zero-order valence-electron chi connectivity index (χ0n) is 14.2. The van der Waals surface area contributed by atoms with Crippen LogP contribution in [0.5, 0.6) is 0 Å². The number of hydrogen-bond acceptors (Lipinski definition) is 4. The molecule has 130 valence electrons. The molecule has 3 aromatic rings. The number of aliphatic hydroxyl groups is 1. The van der Waals surface area contributed by atoms with Gasteiger partial charge in [-0.25, -0.2) is 4.98 Å². The number of nitrogens with one attached hydrogen (secondary N) is 1. The monoisotopic (exact) mass is 339 g/mol. The molecule has 6 nitrogen and oxygen atoms in total. The number of ether oxygens (including phenoxy) is 1. The van der Waals surface area contributed by atoms with Crippen LogP contribution in [0.2, 0.25) is 0 Å². The topological polar surface area (TPSA) is 80.1 Å². The quantitative estimate of drug-likeness (QED) is 0.765. The minimum Gasteiger partial charge on any atom is -0.392 e. The van der Waals surface area contributed by atoms with Gasteiger partial charge in [0.05, 0.1) is 30.3 Å². The number of rotatable bonds is 4. The molecule has 1 aliphatic rings. The number of aryl methyl sites for hydroxylation is 1. The Morgan fingerprint density at radius 3 is 3.00 bits per heavy atom. The number of aliphatic hydroxyl groups excluding tert-OH is 1.